The van der Waals surface area contributed by atoms with Crippen LogP contribution in [0.3, 0.4) is 0 Å². The van der Waals surface area contributed by atoms with Gasteiger partial charge in [0.15, 0.2) is 0 Å². The monoisotopic (exact) mass is 500 g/mol. The molecule has 2 aliphatic rings. The first-order chi connectivity index (χ1) is 15.1. The summed E-state index contributed by atoms with van der Waals surface area (Å²) in [5.74, 6) is -0.441. The van der Waals surface area contributed by atoms with Gasteiger partial charge >= 0.3 is 6.09 Å². The predicted molar refractivity (Wildman–Crippen MR) is 119 cm³/mol. The van der Waals surface area contributed by atoms with Gasteiger partial charge in [0.1, 0.15) is 35.9 Å². The van der Waals surface area contributed by atoms with E-state index in [0.29, 0.717) is 25.7 Å². The number of ether oxygens (including phenoxy) is 1. The summed E-state index contributed by atoms with van der Waals surface area (Å²) in [6, 6.07) is -1.91. The van der Waals surface area contributed by atoms with Gasteiger partial charge < -0.3 is 30.5 Å². The molecular formula is C20H34ClFN2O7S. The van der Waals surface area contributed by atoms with Gasteiger partial charge in [0.25, 0.3) is 0 Å². The van der Waals surface area contributed by atoms with Crippen LogP contribution < -0.4 is 5.32 Å². The van der Waals surface area contributed by atoms with E-state index < -0.39 is 66.0 Å². The second-order valence-corrected chi connectivity index (χ2v) is 10.1. The number of alkyl halides is 2. The number of carboxylic acid groups (broad SMARTS) is 1. The molecule has 2 rings (SSSR count). The van der Waals surface area contributed by atoms with Crippen LogP contribution in [0.2, 0.25) is 0 Å². The van der Waals surface area contributed by atoms with E-state index in [2.05, 4.69) is 5.32 Å². The fourth-order valence-electron chi connectivity index (χ4n) is 4.41. The molecule has 0 aromatic rings. The average Bonchev–Trinajstić information content (AvgIpc) is 2.97. The van der Waals surface area contributed by atoms with Gasteiger partial charge in [-0.25, -0.2) is 4.79 Å². The zero-order chi connectivity index (χ0) is 24.0. The second kappa shape index (κ2) is 12.6. The van der Waals surface area contributed by atoms with Crippen molar-refractivity contribution in [3.63, 3.8) is 0 Å². The topological polar surface area (TPSA) is 140 Å². The predicted octanol–water partition coefficient (Wildman–Crippen LogP) is 1.17. The Balaban J connectivity index is 2.17. The van der Waals surface area contributed by atoms with Crippen molar-refractivity contribution in [1.29, 1.82) is 0 Å². The Morgan fingerprint density at radius 1 is 1.22 bits per heavy atom. The second-order valence-electron chi connectivity index (χ2n) is 8.44. The van der Waals surface area contributed by atoms with Gasteiger partial charge in [0.05, 0.1) is 18.1 Å². The largest absolute Gasteiger partial charge is 0.465 e. The standard InChI is InChI=1S/C20H34ClFN2O7S/c1-10(21)13(17-15(26)14(25)16(27)19(31-17)32-2)23-18(28)12-6-5-11(4-3-8-22)7-9-24(12)20(29)30/h10-17,19,25-27H,3-9H2,1-2H3,(H,23,28)(H,29,30). The molecule has 5 N–H and O–H groups in total. The van der Waals surface area contributed by atoms with Crippen molar-refractivity contribution < 1.29 is 39.1 Å². The first kappa shape index (κ1) is 27.4. The lowest BCUT2D eigenvalue weighted by molar-refractivity contribution is -0.205. The van der Waals surface area contributed by atoms with Crippen LogP contribution in [0.15, 0.2) is 0 Å². The number of amides is 2. The number of hydrogen-bond acceptors (Lipinski definition) is 7. The smallest absolute Gasteiger partial charge is 0.407 e. The maximum Gasteiger partial charge on any atom is 0.407 e. The van der Waals surface area contributed by atoms with Crippen molar-refractivity contribution in [2.75, 3.05) is 19.5 Å². The minimum atomic E-state index is -1.50. The minimum Gasteiger partial charge on any atom is -0.465 e. The van der Waals surface area contributed by atoms with Crippen LogP contribution in [0.1, 0.15) is 39.0 Å². The number of rotatable bonds is 8. The maximum absolute atomic E-state index is 13.2. The van der Waals surface area contributed by atoms with Crippen LogP contribution in [-0.2, 0) is 9.53 Å². The number of nitrogens with one attached hydrogen (secondary N) is 1. The highest BCUT2D eigenvalue weighted by atomic mass is 35.5. The molecule has 0 aromatic heterocycles. The third kappa shape index (κ3) is 6.60. The number of aliphatic hydroxyl groups is 3. The molecule has 2 fully saturated rings. The van der Waals surface area contributed by atoms with Gasteiger partial charge in [-0.3, -0.25) is 14.1 Å². The fraction of sp³-hybridized carbons (Fsp3) is 0.900. The van der Waals surface area contributed by atoms with Crippen LogP contribution in [0.25, 0.3) is 0 Å². The Kier molecular flexibility index (Phi) is 10.8. The molecule has 2 saturated heterocycles. The van der Waals surface area contributed by atoms with E-state index in [1.54, 1.807) is 13.2 Å². The quantitative estimate of drug-likeness (QED) is 0.313. The van der Waals surface area contributed by atoms with Crippen molar-refractivity contribution in [1.82, 2.24) is 10.2 Å². The number of halogens is 2. The summed E-state index contributed by atoms with van der Waals surface area (Å²) in [6.07, 6.45) is -2.51. The summed E-state index contributed by atoms with van der Waals surface area (Å²) in [6.45, 7) is 1.32. The van der Waals surface area contributed by atoms with Crippen LogP contribution in [0, 0.1) is 5.92 Å². The Morgan fingerprint density at radius 2 is 1.91 bits per heavy atom. The first-order valence-electron chi connectivity index (χ1n) is 10.8. The summed E-state index contributed by atoms with van der Waals surface area (Å²) in [5.41, 5.74) is -0.835. The van der Waals surface area contributed by atoms with Crippen molar-refractivity contribution in [3.8, 4) is 0 Å². The zero-order valence-corrected chi connectivity index (χ0v) is 19.8. The zero-order valence-electron chi connectivity index (χ0n) is 18.3. The molecule has 0 spiro atoms. The lowest BCUT2D eigenvalue weighted by Gasteiger charge is -2.44. The van der Waals surface area contributed by atoms with E-state index in [9.17, 15) is 34.4 Å². The minimum absolute atomic E-state index is 0.135. The first-order valence-corrected chi connectivity index (χ1v) is 12.6. The summed E-state index contributed by atoms with van der Waals surface area (Å²) in [7, 11) is 0. The van der Waals surface area contributed by atoms with Gasteiger partial charge in [-0.2, -0.15) is 0 Å². The Labute approximate surface area is 196 Å². The van der Waals surface area contributed by atoms with E-state index in [1.807, 2.05) is 0 Å². The van der Waals surface area contributed by atoms with Crippen molar-refractivity contribution >= 4 is 35.4 Å². The molecule has 2 heterocycles. The molecule has 9 unspecified atom stereocenters. The highest BCUT2D eigenvalue weighted by Crippen LogP contribution is 2.31. The molecule has 0 aromatic carbocycles. The van der Waals surface area contributed by atoms with E-state index >= 15 is 0 Å². The molecule has 186 valence electrons. The SMILES string of the molecule is CSC1OC(C(NC(=O)C2CCC(CCCF)CCN2C(=O)O)C(C)Cl)C(O)C(O)C1O. The molecule has 0 saturated carbocycles. The summed E-state index contributed by atoms with van der Waals surface area (Å²) in [4.78, 5) is 26.1. The highest BCUT2D eigenvalue weighted by Gasteiger charge is 2.48. The molecule has 2 aliphatic heterocycles. The molecule has 32 heavy (non-hydrogen) atoms. The van der Waals surface area contributed by atoms with Crippen LogP contribution >= 0.6 is 23.4 Å². The lowest BCUT2D eigenvalue weighted by Crippen LogP contribution is -2.65. The number of carbonyl (C=O) groups excluding carboxylic acids is 1. The number of carbonyl (C=O) groups is 2. The van der Waals surface area contributed by atoms with Crippen molar-refractivity contribution in [2.45, 2.75) is 86.3 Å². The lowest BCUT2D eigenvalue weighted by atomic mass is 9.92. The van der Waals surface area contributed by atoms with E-state index in [-0.39, 0.29) is 18.9 Å². The third-order valence-electron chi connectivity index (χ3n) is 6.29. The number of aliphatic hydroxyl groups excluding tert-OH is 3. The van der Waals surface area contributed by atoms with Gasteiger partial charge in [-0.15, -0.1) is 23.4 Å². The van der Waals surface area contributed by atoms with Crippen molar-refractivity contribution in [3.05, 3.63) is 0 Å². The average molecular weight is 501 g/mol. The fourth-order valence-corrected chi connectivity index (χ4v) is 5.30. The normalized spacial score (nSPS) is 35.6. The summed E-state index contributed by atoms with van der Waals surface area (Å²) < 4.78 is 18.3. The van der Waals surface area contributed by atoms with Crippen LogP contribution in [-0.4, -0.2) is 104 Å². The van der Waals surface area contributed by atoms with Crippen molar-refractivity contribution in [2.24, 2.45) is 5.92 Å². The van der Waals surface area contributed by atoms with E-state index in [0.717, 1.165) is 16.7 Å². The number of nitrogens with zero attached hydrogens (tertiary/aromatic N) is 1. The van der Waals surface area contributed by atoms with E-state index in [1.165, 1.54) is 0 Å². The van der Waals surface area contributed by atoms with Crippen LogP contribution in [0.4, 0.5) is 9.18 Å². The van der Waals surface area contributed by atoms with Gasteiger partial charge in [-0.05, 0) is 51.2 Å². The molecule has 0 radical (unpaired) electrons. The number of thioether (sulfide) groups is 1. The third-order valence-corrected chi connectivity index (χ3v) is 7.42. The molecule has 9 nitrogen and oxygen atoms in total. The van der Waals surface area contributed by atoms with Gasteiger partial charge in [0.2, 0.25) is 5.91 Å². The van der Waals surface area contributed by atoms with Gasteiger partial charge in [-0.1, -0.05) is 0 Å². The molecule has 2 amide bonds. The molecule has 12 heteroatoms. The summed E-state index contributed by atoms with van der Waals surface area (Å²) >= 11 is 7.43. The van der Waals surface area contributed by atoms with E-state index in [4.69, 9.17) is 16.3 Å². The van der Waals surface area contributed by atoms with Gasteiger partial charge in [0, 0.05) is 6.54 Å². The molecule has 0 aliphatic carbocycles. The number of likely N-dealkylation sites (tertiary alicyclic amines) is 1. The Morgan fingerprint density at radius 3 is 2.47 bits per heavy atom. The highest BCUT2D eigenvalue weighted by molar-refractivity contribution is 7.99. The molecule has 0 bridgehead atoms. The number of hydrogen-bond donors (Lipinski definition) is 5. The maximum atomic E-state index is 13.2. The van der Waals surface area contributed by atoms with Crippen LogP contribution in [0.5, 0.6) is 0 Å². The molecular weight excluding hydrogens is 467 g/mol. The molecule has 9 atom stereocenters. The summed E-state index contributed by atoms with van der Waals surface area (Å²) in [5, 5.41) is 42.4. The Bertz CT molecular complexity index is 633. The Hall–Kier alpha value is -0.850.